The van der Waals surface area contributed by atoms with Crippen molar-refractivity contribution in [2.75, 3.05) is 7.11 Å². The van der Waals surface area contributed by atoms with E-state index < -0.39 is 22.0 Å². The minimum absolute atomic E-state index is 0.0629. The molecule has 0 aromatic heterocycles. The molecule has 0 saturated carbocycles. The summed E-state index contributed by atoms with van der Waals surface area (Å²) in [5.74, 6) is 0.0671. The first-order valence-electron chi connectivity index (χ1n) is 8.69. The molecule has 2 rings (SSSR count). The van der Waals surface area contributed by atoms with E-state index in [9.17, 15) is 13.2 Å². The Morgan fingerprint density at radius 1 is 1.04 bits per heavy atom. The van der Waals surface area contributed by atoms with Gasteiger partial charge in [0.15, 0.2) is 0 Å². The number of methoxy groups -OCH3 is 1. The Balaban J connectivity index is 2.10. The van der Waals surface area contributed by atoms with Crippen LogP contribution in [0.25, 0.3) is 0 Å². The molecule has 1 N–H and O–H groups in total. The van der Waals surface area contributed by atoms with Crippen LogP contribution in [-0.2, 0) is 26.2 Å². The fourth-order valence-corrected chi connectivity index (χ4v) is 3.70. The van der Waals surface area contributed by atoms with E-state index in [1.165, 1.54) is 19.2 Å². The van der Waals surface area contributed by atoms with E-state index in [-0.39, 0.29) is 17.4 Å². The number of rotatable bonds is 9. The number of sulfonamides is 1. The van der Waals surface area contributed by atoms with Crippen LogP contribution in [0.4, 0.5) is 0 Å². The highest BCUT2D eigenvalue weighted by molar-refractivity contribution is 7.89. The summed E-state index contributed by atoms with van der Waals surface area (Å²) in [5.41, 5.74) is 0.840. The number of hydrogen-bond acceptors (Lipinski definition) is 5. The molecule has 2 aromatic rings. The van der Waals surface area contributed by atoms with Gasteiger partial charge in [-0.1, -0.05) is 44.2 Å². The van der Waals surface area contributed by atoms with Gasteiger partial charge in [-0.15, -0.1) is 0 Å². The average Bonchev–Trinajstić information content (AvgIpc) is 2.66. The van der Waals surface area contributed by atoms with Crippen molar-refractivity contribution in [1.82, 2.24) is 4.72 Å². The van der Waals surface area contributed by atoms with Gasteiger partial charge in [-0.3, -0.25) is 4.79 Å². The molecule has 1 atom stereocenters. The monoisotopic (exact) mass is 391 g/mol. The number of esters is 1. The third-order valence-electron chi connectivity index (χ3n) is 3.88. The molecule has 0 unspecified atom stereocenters. The highest BCUT2D eigenvalue weighted by Crippen LogP contribution is 2.17. The quantitative estimate of drug-likeness (QED) is 0.664. The summed E-state index contributed by atoms with van der Waals surface area (Å²) in [4.78, 5) is 12.6. The van der Waals surface area contributed by atoms with Crippen LogP contribution in [0.2, 0.25) is 0 Å². The maximum Gasteiger partial charge on any atom is 0.324 e. The lowest BCUT2D eigenvalue weighted by atomic mass is 10.1. The van der Waals surface area contributed by atoms with E-state index >= 15 is 0 Å². The van der Waals surface area contributed by atoms with Gasteiger partial charge >= 0.3 is 5.97 Å². The zero-order chi connectivity index (χ0) is 19.9. The first kappa shape index (κ1) is 20.9. The second-order valence-corrected chi connectivity index (χ2v) is 8.29. The number of hydrogen-bond donors (Lipinski definition) is 1. The lowest BCUT2D eigenvalue weighted by Crippen LogP contribution is -2.42. The Morgan fingerprint density at radius 3 is 2.22 bits per heavy atom. The molecule has 0 aliphatic rings. The van der Waals surface area contributed by atoms with Crippen LogP contribution in [-0.4, -0.2) is 27.5 Å². The van der Waals surface area contributed by atoms with Crippen molar-refractivity contribution in [3.8, 4) is 5.75 Å². The third-order valence-corrected chi connectivity index (χ3v) is 5.37. The van der Waals surface area contributed by atoms with Crippen LogP contribution in [0.15, 0.2) is 59.5 Å². The first-order valence-corrected chi connectivity index (χ1v) is 10.2. The van der Waals surface area contributed by atoms with Crippen molar-refractivity contribution in [2.24, 2.45) is 5.92 Å². The Kier molecular flexibility index (Phi) is 7.38. The summed E-state index contributed by atoms with van der Waals surface area (Å²) in [5, 5.41) is 0. The summed E-state index contributed by atoms with van der Waals surface area (Å²) in [6, 6.07) is 14.3. The van der Waals surface area contributed by atoms with Gasteiger partial charge in [0.25, 0.3) is 0 Å². The minimum Gasteiger partial charge on any atom is -0.497 e. The SMILES string of the molecule is COc1ccc(S(=O)(=O)N[C@@H](CC(C)C)C(=O)OCc2ccccc2)cc1. The van der Waals surface area contributed by atoms with Gasteiger partial charge in [0, 0.05) is 0 Å². The van der Waals surface area contributed by atoms with Gasteiger partial charge in [-0.05, 0) is 42.2 Å². The van der Waals surface area contributed by atoms with E-state index in [0.717, 1.165) is 5.56 Å². The van der Waals surface area contributed by atoms with Crippen LogP contribution in [0.5, 0.6) is 5.75 Å². The van der Waals surface area contributed by atoms with E-state index in [4.69, 9.17) is 9.47 Å². The predicted octanol–water partition coefficient (Wildman–Crippen LogP) is 3.13. The third kappa shape index (κ3) is 6.37. The minimum atomic E-state index is -3.86. The topological polar surface area (TPSA) is 81.7 Å². The van der Waals surface area contributed by atoms with Gasteiger partial charge in [-0.25, -0.2) is 8.42 Å². The Morgan fingerprint density at radius 2 is 1.67 bits per heavy atom. The van der Waals surface area contributed by atoms with Gasteiger partial charge in [0.05, 0.1) is 12.0 Å². The molecule has 0 heterocycles. The van der Waals surface area contributed by atoms with Crippen molar-refractivity contribution >= 4 is 16.0 Å². The molecule has 0 fully saturated rings. The summed E-state index contributed by atoms with van der Waals surface area (Å²) in [7, 11) is -2.36. The van der Waals surface area contributed by atoms with Crippen LogP contribution in [0.3, 0.4) is 0 Å². The molecule has 0 bridgehead atoms. The van der Waals surface area contributed by atoms with E-state index in [1.807, 2.05) is 44.2 Å². The lowest BCUT2D eigenvalue weighted by Gasteiger charge is -2.19. The number of benzene rings is 2. The Hall–Kier alpha value is -2.38. The van der Waals surface area contributed by atoms with Gasteiger partial charge < -0.3 is 9.47 Å². The maximum atomic E-state index is 12.6. The van der Waals surface area contributed by atoms with Crippen molar-refractivity contribution < 1.29 is 22.7 Å². The zero-order valence-electron chi connectivity index (χ0n) is 15.7. The van der Waals surface area contributed by atoms with Crippen LogP contribution in [0, 0.1) is 5.92 Å². The molecular weight excluding hydrogens is 366 g/mol. The maximum absolute atomic E-state index is 12.6. The van der Waals surface area contributed by atoms with Crippen LogP contribution >= 0.6 is 0 Å². The summed E-state index contributed by atoms with van der Waals surface area (Å²) in [6.45, 7) is 3.93. The normalized spacial score (nSPS) is 12.6. The molecule has 27 heavy (non-hydrogen) atoms. The highest BCUT2D eigenvalue weighted by Gasteiger charge is 2.27. The van der Waals surface area contributed by atoms with E-state index in [0.29, 0.717) is 12.2 Å². The van der Waals surface area contributed by atoms with Crippen molar-refractivity contribution in [1.29, 1.82) is 0 Å². The average molecular weight is 391 g/mol. The molecule has 0 aliphatic carbocycles. The Bertz CT molecular complexity index is 832. The van der Waals surface area contributed by atoms with Gasteiger partial charge in [-0.2, -0.15) is 4.72 Å². The van der Waals surface area contributed by atoms with Crippen molar-refractivity contribution in [3.63, 3.8) is 0 Å². The smallest absolute Gasteiger partial charge is 0.324 e. The molecular formula is C20H25NO5S. The summed E-state index contributed by atoms with van der Waals surface area (Å²) >= 11 is 0. The Labute approximate surface area is 160 Å². The second kappa shape index (κ2) is 9.53. The molecule has 2 aromatic carbocycles. The molecule has 0 amide bonds. The van der Waals surface area contributed by atoms with Crippen LogP contribution < -0.4 is 9.46 Å². The number of carbonyl (C=O) groups excluding carboxylic acids is 1. The predicted molar refractivity (Wildman–Crippen MR) is 103 cm³/mol. The fourth-order valence-electron chi connectivity index (χ4n) is 2.50. The number of nitrogens with one attached hydrogen (secondary N) is 1. The molecule has 7 heteroatoms. The molecule has 146 valence electrons. The summed E-state index contributed by atoms with van der Waals surface area (Å²) < 4.78 is 38.1. The molecule has 0 radical (unpaired) electrons. The van der Waals surface area contributed by atoms with Crippen molar-refractivity contribution in [2.45, 2.75) is 37.8 Å². The summed E-state index contributed by atoms with van der Waals surface area (Å²) in [6.07, 6.45) is 0.336. The standard InChI is InChI=1S/C20H25NO5S/c1-15(2)13-19(20(22)26-14-16-7-5-4-6-8-16)21-27(23,24)18-11-9-17(25-3)10-12-18/h4-12,15,19,21H,13-14H2,1-3H3/t19-/m0/s1. The number of ether oxygens (including phenoxy) is 2. The first-order chi connectivity index (χ1) is 12.8. The number of carbonyl (C=O) groups is 1. The van der Waals surface area contributed by atoms with E-state index in [2.05, 4.69) is 4.72 Å². The van der Waals surface area contributed by atoms with E-state index in [1.54, 1.807) is 12.1 Å². The molecule has 6 nitrogen and oxygen atoms in total. The zero-order valence-corrected chi connectivity index (χ0v) is 16.5. The highest BCUT2D eigenvalue weighted by atomic mass is 32.2. The van der Waals surface area contributed by atoms with Gasteiger partial charge in [0.1, 0.15) is 18.4 Å². The van der Waals surface area contributed by atoms with Crippen LogP contribution in [0.1, 0.15) is 25.8 Å². The molecule has 0 saturated heterocycles. The van der Waals surface area contributed by atoms with Crippen molar-refractivity contribution in [3.05, 3.63) is 60.2 Å². The fraction of sp³-hybridized carbons (Fsp3) is 0.350. The largest absolute Gasteiger partial charge is 0.497 e. The molecule has 0 aliphatic heterocycles. The molecule has 0 spiro atoms. The van der Waals surface area contributed by atoms with Gasteiger partial charge in [0.2, 0.25) is 10.0 Å². The lowest BCUT2D eigenvalue weighted by molar-refractivity contribution is -0.147. The second-order valence-electron chi connectivity index (χ2n) is 6.57.